The van der Waals surface area contributed by atoms with Crippen LogP contribution in [0, 0.1) is 11.6 Å². The molecule has 1 unspecified atom stereocenters. The molecule has 0 radical (unpaired) electrons. The summed E-state index contributed by atoms with van der Waals surface area (Å²) in [6.45, 7) is 4.80. The smallest absolute Gasteiger partial charge is 0.191 e. The summed E-state index contributed by atoms with van der Waals surface area (Å²) in [6, 6.07) is 14.9. The van der Waals surface area contributed by atoms with E-state index >= 15 is 0 Å². The van der Waals surface area contributed by atoms with Gasteiger partial charge in [-0.15, -0.1) is 24.0 Å². The van der Waals surface area contributed by atoms with Crippen molar-refractivity contribution in [2.45, 2.75) is 38.3 Å². The van der Waals surface area contributed by atoms with E-state index in [4.69, 9.17) is 0 Å². The summed E-state index contributed by atoms with van der Waals surface area (Å²) in [5.41, 5.74) is 1.72. The molecule has 4 nitrogen and oxygen atoms in total. The molecule has 0 amide bonds. The molecule has 2 aromatic carbocycles. The van der Waals surface area contributed by atoms with Crippen molar-refractivity contribution in [2.24, 2.45) is 4.99 Å². The van der Waals surface area contributed by atoms with Gasteiger partial charge < -0.3 is 10.6 Å². The lowest BCUT2D eigenvalue weighted by Crippen LogP contribution is -2.49. The Hall–Kier alpha value is -1.74. The number of likely N-dealkylation sites (tertiary alicyclic amines) is 1. The van der Waals surface area contributed by atoms with Crippen LogP contribution >= 0.6 is 24.0 Å². The fraction of sp³-hybridized carbons (Fsp3) is 0.435. The first-order chi connectivity index (χ1) is 14.1. The lowest BCUT2D eigenvalue weighted by molar-refractivity contribution is 0.158. The Morgan fingerprint density at radius 1 is 1.13 bits per heavy atom. The van der Waals surface area contributed by atoms with E-state index < -0.39 is 5.82 Å². The highest BCUT2D eigenvalue weighted by Gasteiger charge is 2.24. The first-order valence-corrected chi connectivity index (χ1v) is 10.3. The Morgan fingerprint density at radius 3 is 2.50 bits per heavy atom. The number of piperidine rings is 1. The van der Waals surface area contributed by atoms with Crippen LogP contribution in [0.2, 0.25) is 0 Å². The van der Waals surface area contributed by atoms with E-state index in [0.717, 1.165) is 32.0 Å². The minimum Gasteiger partial charge on any atom is -0.356 e. The van der Waals surface area contributed by atoms with Gasteiger partial charge in [-0.3, -0.25) is 9.89 Å². The summed E-state index contributed by atoms with van der Waals surface area (Å²) in [5.74, 6) is -0.0900. The summed E-state index contributed by atoms with van der Waals surface area (Å²) < 4.78 is 27.0. The minimum atomic E-state index is -0.416. The van der Waals surface area contributed by atoms with Crippen molar-refractivity contribution in [1.29, 1.82) is 0 Å². The number of nitrogens with one attached hydrogen (secondary N) is 2. The van der Waals surface area contributed by atoms with Gasteiger partial charge in [0.1, 0.15) is 11.6 Å². The van der Waals surface area contributed by atoms with E-state index in [-0.39, 0.29) is 29.8 Å². The third kappa shape index (κ3) is 6.91. The van der Waals surface area contributed by atoms with Crippen molar-refractivity contribution in [3.8, 4) is 0 Å². The number of guanidine groups is 1. The molecule has 1 aliphatic rings. The van der Waals surface area contributed by atoms with Crippen molar-refractivity contribution in [1.82, 2.24) is 15.5 Å². The Morgan fingerprint density at radius 2 is 1.83 bits per heavy atom. The quantitative estimate of drug-likeness (QED) is 0.329. The molecular formula is C23H31F2IN4. The number of nitrogens with zero attached hydrogens (tertiary/aromatic N) is 2. The molecule has 0 spiro atoms. The van der Waals surface area contributed by atoms with Crippen molar-refractivity contribution in [3.05, 3.63) is 71.3 Å². The van der Waals surface area contributed by atoms with E-state index in [0.29, 0.717) is 36.6 Å². The van der Waals surface area contributed by atoms with Crippen LogP contribution in [0.1, 0.15) is 36.9 Å². The van der Waals surface area contributed by atoms with Crippen LogP contribution in [-0.4, -0.2) is 43.6 Å². The van der Waals surface area contributed by atoms with E-state index in [1.807, 2.05) is 6.07 Å². The Kier molecular flexibility index (Phi) is 9.97. The molecule has 164 valence electrons. The van der Waals surface area contributed by atoms with E-state index in [1.165, 1.54) is 17.7 Å². The number of hydrogen-bond donors (Lipinski definition) is 2. The maximum Gasteiger partial charge on any atom is 0.191 e. The second-order valence-electron chi connectivity index (χ2n) is 7.53. The predicted molar refractivity (Wildman–Crippen MR) is 129 cm³/mol. The monoisotopic (exact) mass is 528 g/mol. The highest BCUT2D eigenvalue weighted by atomic mass is 127. The van der Waals surface area contributed by atoms with E-state index in [2.05, 4.69) is 51.7 Å². The molecular weight excluding hydrogens is 497 g/mol. The molecule has 1 saturated heterocycles. The third-order valence-corrected chi connectivity index (χ3v) is 5.62. The van der Waals surface area contributed by atoms with Crippen LogP contribution < -0.4 is 10.6 Å². The van der Waals surface area contributed by atoms with Gasteiger partial charge in [0.05, 0.1) is 0 Å². The Labute approximate surface area is 195 Å². The molecule has 7 heteroatoms. The minimum absolute atomic E-state index is 0. The van der Waals surface area contributed by atoms with Crippen molar-refractivity contribution in [2.75, 3.05) is 26.7 Å². The topological polar surface area (TPSA) is 39.7 Å². The summed E-state index contributed by atoms with van der Waals surface area (Å²) >= 11 is 0. The molecule has 0 saturated carbocycles. The number of halogens is 3. The predicted octanol–water partition coefficient (Wildman–Crippen LogP) is 4.52. The molecule has 0 aromatic heterocycles. The van der Waals surface area contributed by atoms with Crippen molar-refractivity contribution in [3.63, 3.8) is 0 Å². The standard InChI is InChI=1S/C23H30F2N4.HI/c1-17(18-6-4-3-5-7-18)29-14-11-21(12-15-29)28-23(26-2)27-13-10-19-16-20(24)8-9-22(19)25;/h3-9,16-17,21H,10-15H2,1-2H3,(H2,26,27,28);1H. The second-order valence-corrected chi connectivity index (χ2v) is 7.53. The first-order valence-electron chi connectivity index (χ1n) is 10.3. The molecule has 2 aromatic rings. The zero-order chi connectivity index (χ0) is 20.6. The lowest BCUT2D eigenvalue weighted by atomic mass is 10.0. The highest BCUT2D eigenvalue weighted by molar-refractivity contribution is 14.0. The number of benzene rings is 2. The zero-order valence-electron chi connectivity index (χ0n) is 17.6. The van der Waals surface area contributed by atoms with Crippen LogP contribution in [0.25, 0.3) is 0 Å². The average molecular weight is 528 g/mol. The Bertz CT molecular complexity index is 808. The lowest BCUT2D eigenvalue weighted by Gasteiger charge is -2.37. The van der Waals surface area contributed by atoms with Gasteiger partial charge in [-0.25, -0.2) is 8.78 Å². The number of hydrogen-bond acceptors (Lipinski definition) is 2. The third-order valence-electron chi connectivity index (χ3n) is 5.62. The largest absolute Gasteiger partial charge is 0.356 e. The maximum atomic E-state index is 13.7. The molecule has 1 heterocycles. The molecule has 3 rings (SSSR count). The van der Waals surface area contributed by atoms with Gasteiger partial charge in [0.15, 0.2) is 5.96 Å². The van der Waals surface area contributed by atoms with Crippen LogP contribution in [0.15, 0.2) is 53.5 Å². The van der Waals surface area contributed by atoms with Gasteiger partial charge >= 0.3 is 0 Å². The van der Waals surface area contributed by atoms with Gasteiger partial charge in [-0.1, -0.05) is 30.3 Å². The number of aliphatic imine (C=N–C) groups is 1. The van der Waals surface area contributed by atoms with Crippen LogP contribution in [0.5, 0.6) is 0 Å². The van der Waals surface area contributed by atoms with E-state index in [1.54, 1.807) is 7.05 Å². The summed E-state index contributed by atoms with van der Waals surface area (Å²) in [6.07, 6.45) is 2.48. The van der Waals surface area contributed by atoms with Gasteiger partial charge in [-0.2, -0.15) is 0 Å². The molecule has 1 atom stereocenters. The van der Waals surface area contributed by atoms with Gasteiger partial charge in [0.25, 0.3) is 0 Å². The fourth-order valence-corrected chi connectivity index (χ4v) is 3.81. The van der Waals surface area contributed by atoms with Gasteiger partial charge in [0.2, 0.25) is 0 Å². The summed E-state index contributed by atoms with van der Waals surface area (Å²) in [5, 5.41) is 6.67. The molecule has 30 heavy (non-hydrogen) atoms. The normalized spacial score (nSPS) is 16.6. The SMILES string of the molecule is CN=C(NCCc1cc(F)ccc1F)NC1CCN(C(C)c2ccccc2)CC1.I. The molecule has 2 N–H and O–H groups in total. The molecule has 0 aliphatic carbocycles. The van der Waals surface area contributed by atoms with E-state index in [9.17, 15) is 8.78 Å². The van der Waals surface area contributed by atoms with Crippen molar-refractivity contribution < 1.29 is 8.78 Å². The van der Waals surface area contributed by atoms with Crippen molar-refractivity contribution >= 4 is 29.9 Å². The second kappa shape index (κ2) is 12.2. The zero-order valence-corrected chi connectivity index (χ0v) is 19.9. The van der Waals surface area contributed by atoms with Gasteiger partial charge in [0, 0.05) is 38.8 Å². The summed E-state index contributed by atoms with van der Waals surface area (Å²) in [4.78, 5) is 6.78. The Balaban J connectivity index is 0.00000320. The molecule has 1 aliphatic heterocycles. The highest BCUT2D eigenvalue weighted by Crippen LogP contribution is 2.23. The van der Waals surface area contributed by atoms with Crippen LogP contribution in [0.4, 0.5) is 8.78 Å². The van der Waals surface area contributed by atoms with Crippen LogP contribution in [0.3, 0.4) is 0 Å². The first kappa shape index (κ1) is 24.5. The molecule has 1 fully saturated rings. The number of rotatable bonds is 6. The maximum absolute atomic E-state index is 13.7. The summed E-state index contributed by atoms with van der Waals surface area (Å²) in [7, 11) is 1.73. The van der Waals surface area contributed by atoms with Gasteiger partial charge in [-0.05, 0) is 55.5 Å². The fourth-order valence-electron chi connectivity index (χ4n) is 3.81. The van der Waals surface area contributed by atoms with Crippen LogP contribution in [-0.2, 0) is 6.42 Å². The average Bonchev–Trinajstić information content (AvgIpc) is 2.76. The molecule has 0 bridgehead atoms.